The summed E-state index contributed by atoms with van der Waals surface area (Å²) >= 11 is 0. The van der Waals surface area contributed by atoms with E-state index in [4.69, 9.17) is 9.53 Å². The van der Waals surface area contributed by atoms with Gasteiger partial charge in [-0.2, -0.15) is 0 Å². The van der Waals surface area contributed by atoms with E-state index in [1.54, 1.807) is 0 Å². The molecule has 20 heavy (non-hydrogen) atoms. The lowest BCUT2D eigenvalue weighted by Gasteiger charge is -2.34. The van der Waals surface area contributed by atoms with Gasteiger partial charge in [-0.25, -0.2) is 14.0 Å². The van der Waals surface area contributed by atoms with Gasteiger partial charge in [0.1, 0.15) is 12.3 Å². The van der Waals surface area contributed by atoms with Gasteiger partial charge in [-0.05, 0) is 18.1 Å². The van der Waals surface area contributed by atoms with Crippen molar-refractivity contribution in [2.24, 2.45) is 0 Å². The summed E-state index contributed by atoms with van der Waals surface area (Å²) in [5.74, 6) is -1.36. The molecule has 1 aliphatic heterocycles. The average Bonchev–Trinajstić information content (AvgIpc) is 2.73. The van der Waals surface area contributed by atoms with Crippen LogP contribution in [0.2, 0.25) is 18.1 Å². The topological polar surface area (TPSA) is 87.1 Å². The number of carbonyl (C=O) groups is 2. The number of amides is 1. The Labute approximate surface area is 118 Å². The van der Waals surface area contributed by atoms with Gasteiger partial charge in [0.05, 0.1) is 6.54 Å². The molecule has 1 amide bonds. The molecule has 0 spiro atoms. The van der Waals surface area contributed by atoms with Crippen LogP contribution in [0.1, 0.15) is 20.8 Å². The van der Waals surface area contributed by atoms with Gasteiger partial charge < -0.3 is 14.6 Å². The van der Waals surface area contributed by atoms with Gasteiger partial charge >= 0.3 is 12.1 Å². The van der Waals surface area contributed by atoms with Crippen LogP contribution >= 0.6 is 0 Å². The molecule has 0 bridgehead atoms. The fourth-order valence-corrected chi connectivity index (χ4v) is 5.53. The largest absolute Gasteiger partial charge is 0.480 e. The van der Waals surface area contributed by atoms with Gasteiger partial charge in [-0.3, -0.25) is 4.90 Å². The molecule has 0 aromatic rings. The Bertz CT molecular complexity index is 369. The molecule has 0 aromatic carbocycles. The highest BCUT2D eigenvalue weighted by Crippen LogP contribution is 2.31. The Morgan fingerprint density at radius 2 is 1.75 bits per heavy atom. The molecule has 0 unspecified atom stereocenters. The maximum atomic E-state index is 14.1. The second-order valence-electron chi connectivity index (χ2n) is 5.06. The molecule has 1 heterocycles. The number of likely N-dealkylation sites (tertiary alicyclic amines) is 1. The number of nitrogens with zero attached hydrogens (tertiary/aromatic N) is 1. The molecule has 0 aliphatic carbocycles. The van der Waals surface area contributed by atoms with Crippen molar-refractivity contribution in [2.45, 2.75) is 57.2 Å². The molecule has 1 aliphatic rings. The van der Waals surface area contributed by atoms with Gasteiger partial charge in [0.2, 0.25) is 0 Å². The maximum absolute atomic E-state index is 14.1. The van der Waals surface area contributed by atoms with Crippen molar-refractivity contribution in [3.63, 3.8) is 0 Å². The Morgan fingerprint density at radius 1 is 1.25 bits per heavy atom. The Balaban J connectivity index is 3.02. The molecule has 0 saturated carbocycles. The Kier molecular flexibility index (Phi) is 5.52. The van der Waals surface area contributed by atoms with Crippen molar-refractivity contribution in [3.8, 4) is 0 Å². The van der Waals surface area contributed by atoms with Gasteiger partial charge in [0, 0.05) is 0 Å². The van der Waals surface area contributed by atoms with Crippen LogP contribution < -0.4 is 0 Å². The summed E-state index contributed by atoms with van der Waals surface area (Å²) < 4.78 is 20.0. The second kappa shape index (κ2) is 6.53. The zero-order chi connectivity index (χ0) is 15.5. The molecule has 116 valence electrons. The van der Waals surface area contributed by atoms with E-state index in [1.807, 2.05) is 20.8 Å². The first-order chi connectivity index (χ1) is 9.31. The minimum absolute atomic E-state index is 0.446. The summed E-state index contributed by atoms with van der Waals surface area (Å²) in [7, 11) is -2.20. The molecule has 1 fully saturated rings. The number of carboxylic acid groups (broad SMARTS) is 2. The first kappa shape index (κ1) is 16.9. The quantitative estimate of drug-likeness (QED) is 0.734. The van der Waals surface area contributed by atoms with Crippen LogP contribution in [0.4, 0.5) is 9.18 Å². The van der Waals surface area contributed by atoms with Crippen molar-refractivity contribution in [2.75, 3.05) is 6.54 Å². The van der Waals surface area contributed by atoms with E-state index in [-0.39, 0.29) is 0 Å². The zero-order valence-corrected chi connectivity index (χ0v) is 13.0. The highest BCUT2D eigenvalue weighted by atomic mass is 28.4. The van der Waals surface area contributed by atoms with E-state index in [0.717, 1.165) is 18.1 Å². The third-order valence-corrected chi connectivity index (χ3v) is 8.83. The van der Waals surface area contributed by atoms with Gasteiger partial charge in [0.25, 0.3) is 0 Å². The molecule has 1 saturated heterocycles. The van der Waals surface area contributed by atoms with E-state index < -0.39 is 45.2 Å². The van der Waals surface area contributed by atoms with Crippen LogP contribution in [0.5, 0.6) is 0 Å². The molecular formula is C12H22FNO5Si. The lowest BCUT2D eigenvalue weighted by atomic mass is 10.1. The summed E-state index contributed by atoms with van der Waals surface area (Å²) in [6, 6.07) is 0.799. The van der Waals surface area contributed by atoms with Crippen LogP contribution in [0.3, 0.4) is 0 Å². The zero-order valence-electron chi connectivity index (χ0n) is 12.0. The number of halogens is 1. The summed E-state index contributed by atoms with van der Waals surface area (Å²) in [5, 5.41) is 18.2. The van der Waals surface area contributed by atoms with E-state index in [2.05, 4.69) is 0 Å². The van der Waals surface area contributed by atoms with E-state index >= 15 is 0 Å². The smallest absolute Gasteiger partial charge is 0.408 e. The third kappa shape index (κ3) is 3.12. The highest BCUT2D eigenvalue weighted by molar-refractivity contribution is 6.73. The van der Waals surface area contributed by atoms with Crippen molar-refractivity contribution in [1.29, 1.82) is 0 Å². The van der Waals surface area contributed by atoms with Crippen molar-refractivity contribution >= 4 is 20.4 Å². The number of carboxylic acids is 1. The molecular weight excluding hydrogens is 285 g/mol. The molecule has 0 radical (unpaired) electrons. The Morgan fingerprint density at radius 3 is 2.10 bits per heavy atom. The molecule has 3 atom stereocenters. The van der Waals surface area contributed by atoms with Gasteiger partial charge in [-0.1, -0.05) is 20.8 Å². The minimum Gasteiger partial charge on any atom is -0.480 e. The summed E-state index contributed by atoms with van der Waals surface area (Å²) in [4.78, 5) is 22.9. The first-order valence-corrected chi connectivity index (χ1v) is 9.39. The van der Waals surface area contributed by atoms with Crippen LogP contribution in [0, 0.1) is 0 Å². The molecule has 1 rings (SSSR count). The third-order valence-electron chi connectivity index (χ3n) is 4.19. The number of aliphatic carboxylic acids is 1. The summed E-state index contributed by atoms with van der Waals surface area (Å²) in [5.41, 5.74) is 0. The molecule has 0 aromatic heterocycles. The molecule has 6 nitrogen and oxygen atoms in total. The van der Waals surface area contributed by atoms with Crippen molar-refractivity contribution in [1.82, 2.24) is 4.90 Å². The van der Waals surface area contributed by atoms with E-state index in [1.165, 1.54) is 0 Å². The monoisotopic (exact) mass is 307 g/mol. The lowest BCUT2D eigenvalue weighted by molar-refractivity contribution is -0.144. The predicted octanol–water partition coefficient (Wildman–Crippen LogP) is 2.16. The fourth-order valence-electron chi connectivity index (χ4n) is 2.68. The molecule has 2 N–H and O–H groups in total. The van der Waals surface area contributed by atoms with E-state index in [9.17, 15) is 19.1 Å². The second-order valence-corrected chi connectivity index (χ2v) is 9.78. The predicted molar refractivity (Wildman–Crippen MR) is 73.1 cm³/mol. The number of hydrogen-bond acceptors (Lipinski definition) is 3. The summed E-state index contributed by atoms with van der Waals surface area (Å²) in [6.07, 6.45) is -4.22. The maximum Gasteiger partial charge on any atom is 0.408 e. The van der Waals surface area contributed by atoms with E-state index in [0.29, 0.717) is 4.90 Å². The number of hydrogen-bond donors (Lipinski definition) is 2. The first-order valence-electron chi connectivity index (χ1n) is 6.86. The fraction of sp³-hybridized carbons (Fsp3) is 0.833. The van der Waals surface area contributed by atoms with Crippen molar-refractivity contribution in [3.05, 3.63) is 0 Å². The normalized spacial score (nSPS) is 26.8. The van der Waals surface area contributed by atoms with Crippen molar-refractivity contribution < 1.29 is 28.6 Å². The van der Waals surface area contributed by atoms with Crippen LogP contribution in [-0.4, -0.2) is 60.4 Å². The standard InChI is InChI=1S/C12H22FNO5Si/c1-4-20(5-2,6-3)19-10-8(13)7-14(12(17)18)9(10)11(15)16/h8-10H,4-7H2,1-3H3,(H,15,16)(H,17,18)/t8-,9+,10+/m0/s1. The Hall–Kier alpha value is -1.15. The number of alkyl halides is 1. The lowest BCUT2D eigenvalue weighted by Crippen LogP contribution is -2.50. The van der Waals surface area contributed by atoms with Gasteiger partial charge in [0.15, 0.2) is 14.4 Å². The van der Waals surface area contributed by atoms with Crippen LogP contribution in [0.15, 0.2) is 0 Å². The number of rotatable bonds is 6. The SMILES string of the molecule is CC[Si](CC)(CC)O[C@@H]1[C@@H](F)CN(C(=O)O)[C@H]1C(=O)O. The van der Waals surface area contributed by atoms with Crippen LogP contribution in [-0.2, 0) is 9.22 Å². The average molecular weight is 307 g/mol. The highest BCUT2D eigenvalue weighted by Gasteiger charge is 2.52. The van der Waals surface area contributed by atoms with Gasteiger partial charge in [-0.15, -0.1) is 0 Å². The molecule has 8 heteroatoms. The minimum atomic E-state index is -2.20. The van der Waals surface area contributed by atoms with Crippen LogP contribution in [0.25, 0.3) is 0 Å². The summed E-state index contributed by atoms with van der Waals surface area (Å²) in [6.45, 7) is 5.41.